The Hall–Kier alpha value is -4.46. The van der Waals surface area contributed by atoms with Crippen LogP contribution in [-0.4, -0.2) is 30.2 Å². The molecule has 0 unspecified atom stereocenters. The van der Waals surface area contributed by atoms with Crippen LogP contribution in [0.1, 0.15) is 26.3 Å². The van der Waals surface area contributed by atoms with Gasteiger partial charge in [0.1, 0.15) is 17.2 Å². The predicted octanol–water partition coefficient (Wildman–Crippen LogP) is 4.48. The molecule has 160 valence electrons. The molecule has 3 aromatic rings. The van der Waals surface area contributed by atoms with E-state index < -0.39 is 4.92 Å². The fraction of sp³-hybridized carbons (Fsp3) is 0.0833. The van der Waals surface area contributed by atoms with E-state index in [1.54, 1.807) is 55.7 Å². The number of hydrogen-bond acceptors (Lipinski definition) is 7. The lowest BCUT2D eigenvalue weighted by atomic mass is 10.1. The molecule has 32 heavy (non-hydrogen) atoms. The third-order valence-corrected chi connectivity index (χ3v) is 4.83. The normalized spacial score (nSPS) is 13.4. The highest BCUT2D eigenvalue weighted by Gasteiger charge is 2.27. The van der Waals surface area contributed by atoms with Crippen LogP contribution < -0.4 is 14.2 Å². The van der Waals surface area contributed by atoms with Crippen molar-refractivity contribution in [2.45, 2.75) is 0 Å². The van der Waals surface area contributed by atoms with Crippen molar-refractivity contribution >= 4 is 23.3 Å². The highest BCUT2D eigenvalue weighted by atomic mass is 16.6. The second-order valence-electron chi connectivity index (χ2n) is 6.89. The van der Waals surface area contributed by atoms with Gasteiger partial charge in [-0.3, -0.25) is 19.7 Å². The molecule has 1 aliphatic rings. The molecule has 0 saturated carbocycles. The molecule has 0 spiro atoms. The number of carbonyl (C=O) groups is 2. The molecule has 0 saturated heterocycles. The summed E-state index contributed by atoms with van der Waals surface area (Å²) in [5.74, 6) is 1.21. The first-order chi connectivity index (χ1) is 15.4. The van der Waals surface area contributed by atoms with Gasteiger partial charge in [0.05, 0.1) is 17.6 Å². The van der Waals surface area contributed by atoms with Crippen LogP contribution in [0.3, 0.4) is 0 Å². The van der Waals surface area contributed by atoms with Gasteiger partial charge in [0.15, 0.2) is 18.1 Å². The van der Waals surface area contributed by atoms with E-state index in [4.69, 9.17) is 14.2 Å². The van der Waals surface area contributed by atoms with Gasteiger partial charge in [-0.2, -0.15) is 0 Å². The summed E-state index contributed by atoms with van der Waals surface area (Å²) in [5.41, 5.74) is 1.44. The lowest BCUT2D eigenvalue weighted by Gasteiger charge is -2.06. The molecular weight excluding hydrogens is 414 g/mol. The quantitative estimate of drug-likeness (QED) is 0.235. The van der Waals surface area contributed by atoms with Crippen LogP contribution in [0, 0.1) is 10.1 Å². The van der Waals surface area contributed by atoms with Crippen molar-refractivity contribution in [2.75, 3.05) is 13.7 Å². The molecular formula is C24H17NO7. The Morgan fingerprint density at radius 2 is 1.72 bits per heavy atom. The van der Waals surface area contributed by atoms with E-state index >= 15 is 0 Å². The lowest BCUT2D eigenvalue weighted by Crippen LogP contribution is -2.11. The fourth-order valence-electron chi connectivity index (χ4n) is 3.11. The number of fused-ring (bicyclic) bond motifs is 1. The monoisotopic (exact) mass is 431 g/mol. The first-order valence-electron chi connectivity index (χ1n) is 9.57. The van der Waals surface area contributed by atoms with Gasteiger partial charge in [-0.15, -0.1) is 0 Å². The summed E-state index contributed by atoms with van der Waals surface area (Å²) < 4.78 is 16.3. The van der Waals surface area contributed by atoms with Crippen LogP contribution in [0.15, 0.2) is 72.5 Å². The number of nitro groups is 1. The Morgan fingerprint density at radius 1 is 1.03 bits per heavy atom. The van der Waals surface area contributed by atoms with Crippen LogP contribution in [0.2, 0.25) is 0 Å². The summed E-state index contributed by atoms with van der Waals surface area (Å²) in [6.07, 6.45) is 1.63. The van der Waals surface area contributed by atoms with E-state index in [2.05, 4.69) is 0 Å². The molecule has 8 nitrogen and oxygen atoms in total. The van der Waals surface area contributed by atoms with Crippen molar-refractivity contribution in [1.82, 2.24) is 0 Å². The van der Waals surface area contributed by atoms with Crippen LogP contribution in [0.5, 0.6) is 17.2 Å². The van der Waals surface area contributed by atoms with Crippen molar-refractivity contribution in [3.05, 3.63) is 99.3 Å². The third-order valence-electron chi connectivity index (χ3n) is 4.83. The molecule has 0 bridgehead atoms. The first kappa shape index (κ1) is 20.8. The van der Waals surface area contributed by atoms with Crippen LogP contribution in [-0.2, 0) is 0 Å². The predicted molar refractivity (Wildman–Crippen MR) is 115 cm³/mol. The second kappa shape index (κ2) is 8.73. The number of nitrogens with zero attached hydrogens (tertiary/aromatic N) is 1. The number of hydrogen-bond donors (Lipinski definition) is 0. The van der Waals surface area contributed by atoms with E-state index in [1.165, 1.54) is 24.3 Å². The summed E-state index contributed by atoms with van der Waals surface area (Å²) in [6, 6.07) is 17.2. The zero-order valence-corrected chi connectivity index (χ0v) is 16.9. The summed E-state index contributed by atoms with van der Waals surface area (Å²) >= 11 is 0. The number of nitro benzene ring substituents is 1. The van der Waals surface area contributed by atoms with Crippen molar-refractivity contribution in [3.8, 4) is 17.2 Å². The minimum atomic E-state index is -0.526. The van der Waals surface area contributed by atoms with Crippen molar-refractivity contribution in [3.63, 3.8) is 0 Å². The molecule has 0 atom stereocenters. The van der Waals surface area contributed by atoms with Gasteiger partial charge in [0, 0.05) is 23.8 Å². The molecule has 0 radical (unpaired) electrons. The number of benzene rings is 3. The number of allylic oxidation sites excluding steroid dienone is 1. The highest BCUT2D eigenvalue weighted by molar-refractivity contribution is 6.14. The highest BCUT2D eigenvalue weighted by Crippen LogP contribution is 2.34. The van der Waals surface area contributed by atoms with E-state index in [0.29, 0.717) is 28.4 Å². The zero-order chi connectivity index (χ0) is 22.7. The van der Waals surface area contributed by atoms with Gasteiger partial charge in [0.2, 0.25) is 5.78 Å². The minimum Gasteiger partial charge on any atom is -0.497 e. The molecule has 3 aromatic carbocycles. The molecule has 1 aliphatic heterocycles. The molecule has 0 amide bonds. The molecule has 0 aliphatic carbocycles. The van der Waals surface area contributed by atoms with Crippen LogP contribution >= 0.6 is 0 Å². The first-order valence-corrected chi connectivity index (χ1v) is 9.57. The summed E-state index contributed by atoms with van der Waals surface area (Å²) in [6.45, 7) is -0.211. The zero-order valence-electron chi connectivity index (χ0n) is 16.9. The minimum absolute atomic E-state index is 0.0841. The molecule has 0 N–H and O–H groups in total. The maximum Gasteiger partial charge on any atom is 0.269 e. The number of ketones is 2. The molecule has 1 heterocycles. The molecule has 0 fully saturated rings. The Morgan fingerprint density at radius 3 is 2.38 bits per heavy atom. The number of methoxy groups -OCH3 is 1. The maximum atomic E-state index is 12.5. The lowest BCUT2D eigenvalue weighted by molar-refractivity contribution is -0.384. The molecule has 8 heteroatoms. The van der Waals surface area contributed by atoms with Gasteiger partial charge < -0.3 is 14.2 Å². The topological polar surface area (TPSA) is 105 Å². The Bertz CT molecular complexity index is 1230. The van der Waals surface area contributed by atoms with Crippen molar-refractivity contribution in [2.24, 2.45) is 0 Å². The van der Waals surface area contributed by atoms with Gasteiger partial charge >= 0.3 is 0 Å². The summed E-state index contributed by atoms with van der Waals surface area (Å²) in [7, 11) is 1.54. The number of carbonyl (C=O) groups excluding carboxylic acids is 2. The molecule has 0 aromatic heterocycles. The van der Waals surface area contributed by atoms with E-state index in [0.717, 1.165) is 5.56 Å². The van der Waals surface area contributed by atoms with Crippen LogP contribution in [0.4, 0.5) is 5.69 Å². The van der Waals surface area contributed by atoms with E-state index in [1.807, 2.05) is 0 Å². The number of Topliss-reactive ketones (excluding diaryl/α,β-unsaturated/α-hetero) is 2. The second-order valence-corrected chi connectivity index (χ2v) is 6.89. The Balaban J connectivity index is 1.38. The van der Waals surface area contributed by atoms with Crippen molar-refractivity contribution < 1.29 is 28.7 Å². The standard InChI is InChI=1S/C24H17NO7/c1-30-19-10-11-20-22(13-19)32-23(24(20)27)12-15-2-8-18(9-3-15)31-14-21(26)16-4-6-17(7-5-16)25(28)29/h2-13H,14H2,1H3/b23-12+. The fourth-order valence-corrected chi connectivity index (χ4v) is 3.11. The largest absolute Gasteiger partial charge is 0.497 e. The summed E-state index contributed by atoms with van der Waals surface area (Å²) in [4.78, 5) is 34.9. The number of ether oxygens (including phenoxy) is 3. The van der Waals surface area contributed by atoms with E-state index in [-0.39, 0.29) is 29.6 Å². The van der Waals surface area contributed by atoms with E-state index in [9.17, 15) is 19.7 Å². The Kier molecular flexibility index (Phi) is 5.67. The van der Waals surface area contributed by atoms with Crippen molar-refractivity contribution in [1.29, 1.82) is 0 Å². The van der Waals surface area contributed by atoms with Gasteiger partial charge in [-0.25, -0.2) is 0 Å². The molecule has 4 rings (SSSR count). The number of non-ortho nitro benzene ring substituents is 1. The summed E-state index contributed by atoms with van der Waals surface area (Å²) in [5, 5.41) is 10.7. The smallest absolute Gasteiger partial charge is 0.269 e. The average molecular weight is 431 g/mol. The third kappa shape index (κ3) is 4.34. The van der Waals surface area contributed by atoms with Crippen LogP contribution in [0.25, 0.3) is 6.08 Å². The Labute approximate surface area is 182 Å². The van der Waals surface area contributed by atoms with Gasteiger partial charge in [-0.1, -0.05) is 12.1 Å². The van der Waals surface area contributed by atoms with Gasteiger partial charge in [-0.05, 0) is 48.0 Å². The maximum absolute atomic E-state index is 12.5. The SMILES string of the molecule is COc1ccc2c(c1)O/C(=C/c1ccc(OCC(=O)c3ccc([N+](=O)[O-])cc3)cc1)C2=O. The van der Waals surface area contributed by atoms with Gasteiger partial charge in [0.25, 0.3) is 5.69 Å². The average Bonchev–Trinajstić information content (AvgIpc) is 3.12. The number of rotatable bonds is 7.